The Bertz CT molecular complexity index is 723. The molecule has 1 unspecified atom stereocenters. The van der Waals surface area contributed by atoms with Crippen LogP contribution in [0.1, 0.15) is 27.0 Å². The third-order valence-electron chi connectivity index (χ3n) is 3.49. The molecule has 0 amide bonds. The predicted molar refractivity (Wildman–Crippen MR) is 82.7 cm³/mol. The summed E-state index contributed by atoms with van der Waals surface area (Å²) < 4.78 is 25.7. The molecule has 0 spiro atoms. The number of carbonyl (C=O) groups is 1. The van der Waals surface area contributed by atoms with Gasteiger partial charge in [-0.15, -0.1) is 0 Å². The van der Waals surface area contributed by atoms with Crippen LogP contribution in [0.15, 0.2) is 41.3 Å². The maximum Gasteiger partial charge on any atom is 0.175 e. The van der Waals surface area contributed by atoms with Crippen molar-refractivity contribution in [3.05, 3.63) is 64.5 Å². The molecule has 0 saturated carbocycles. The van der Waals surface area contributed by atoms with Gasteiger partial charge >= 0.3 is 0 Å². The minimum absolute atomic E-state index is 0.0762. The fourth-order valence-corrected chi connectivity index (χ4v) is 3.23. The summed E-state index contributed by atoms with van der Waals surface area (Å²) in [5.74, 6) is -0.970. The van der Waals surface area contributed by atoms with Gasteiger partial charge in [-0.05, 0) is 55.7 Å². The van der Waals surface area contributed by atoms with Crippen LogP contribution in [0.5, 0.6) is 0 Å². The zero-order valence-corrected chi connectivity index (χ0v) is 13.1. The van der Waals surface area contributed by atoms with Crippen LogP contribution in [0, 0.1) is 26.6 Å². The molecule has 0 bridgehead atoms. The van der Waals surface area contributed by atoms with Gasteiger partial charge in [0, 0.05) is 5.56 Å². The van der Waals surface area contributed by atoms with E-state index in [4.69, 9.17) is 0 Å². The number of hydrogen-bond acceptors (Lipinski definition) is 2. The van der Waals surface area contributed by atoms with E-state index >= 15 is 0 Å². The molecule has 2 aromatic carbocycles. The second-order valence-electron chi connectivity index (χ2n) is 5.09. The van der Waals surface area contributed by atoms with Gasteiger partial charge in [0.15, 0.2) is 5.78 Å². The van der Waals surface area contributed by atoms with Crippen LogP contribution in [-0.2, 0) is 10.8 Å². The highest BCUT2D eigenvalue weighted by molar-refractivity contribution is 7.85. The van der Waals surface area contributed by atoms with Crippen molar-refractivity contribution >= 4 is 16.6 Å². The van der Waals surface area contributed by atoms with E-state index in [0.29, 0.717) is 5.56 Å². The van der Waals surface area contributed by atoms with Crippen molar-refractivity contribution < 1.29 is 13.4 Å². The van der Waals surface area contributed by atoms with E-state index in [1.807, 2.05) is 32.9 Å². The van der Waals surface area contributed by atoms with Crippen molar-refractivity contribution in [1.82, 2.24) is 0 Å². The lowest BCUT2D eigenvalue weighted by Crippen LogP contribution is -2.13. The summed E-state index contributed by atoms with van der Waals surface area (Å²) >= 11 is 0. The molecule has 0 aliphatic rings. The Balaban J connectivity index is 2.25. The summed E-state index contributed by atoms with van der Waals surface area (Å²) in [6.45, 7) is 5.76. The smallest absolute Gasteiger partial charge is 0.175 e. The third kappa shape index (κ3) is 3.45. The van der Waals surface area contributed by atoms with Gasteiger partial charge in [-0.2, -0.15) is 0 Å². The van der Waals surface area contributed by atoms with Crippen molar-refractivity contribution in [3.63, 3.8) is 0 Å². The third-order valence-corrected chi connectivity index (χ3v) is 4.83. The van der Waals surface area contributed by atoms with Gasteiger partial charge in [-0.1, -0.05) is 18.2 Å². The average Bonchev–Trinajstić information content (AvgIpc) is 2.43. The standard InChI is InChI=1S/C17H17FO2S/c1-11-8-13(3)14(9-12(11)2)16(19)10-21(20)17-7-5-4-6-15(17)18/h4-9H,10H2,1-3H3. The number of aryl methyl sites for hydroxylation is 3. The summed E-state index contributed by atoms with van der Waals surface area (Å²) in [6, 6.07) is 9.60. The number of Topliss-reactive ketones (excluding diaryl/α,β-unsaturated/α-hetero) is 1. The Morgan fingerprint density at radius 2 is 1.67 bits per heavy atom. The summed E-state index contributed by atoms with van der Waals surface area (Å²) in [5.41, 5.74) is 3.54. The quantitative estimate of drug-likeness (QED) is 0.806. The zero-order valence-electron chi connectivity index (χ0n) is 12.3. The number of carbonyl (C=O) groups excluding carboxylic acids is 1. The molecular formula is C17H17FO2S. The van der Waals surface area contributed by atoms with E-state index in [9.17, 15) is 13.4 Å². The number of halogens is 1. The minimum atomic E-state index is -1.67. The highest BCUT2D eigenvalue weighted by atomic mass is 32.2. The van der Waals surface area contributed by atoms with Crippen LogP contribution in [-0.4, -0.2) is 15.7 Å². The SMILES string of the molecule is Cc1cc(C)c(C(=O)CS(=O)c2ccccc2F)cc1C. The molecule has 0 aromatic heterocycles. The molecule has 0 saturated heterocycles. The molecule has 0 N–H and O–H groups in total. The normalized spacial score (nSPS) is 12.2. The van der Waals surface area contributed by atoms with Crippen molar-refractivity contribution in [1.29, 1.82) is 0 Å². The van der Waals surface area contributed by atoms with Crippen molar-refractivity contribution in [2.75, 3.05) is 5.75 Å². The molecular weight excluding hydrogens is 287 g/mol. The molecule has 2 nitrogen and oxygen atoms in total. The zero-order chi connectivity index (χ0) is 15.6. The second kappa shape index (κ2) is 6.31. The van der Waals surface area contributed by atoms with Gasteiger partial charge in [0.2, 0.25) is 0 Å². The average molecular weight is 304 g/mol. The van der Waals surface area contributed by atoms with E-state index in [0.717, 1.165) is 16.7 Å². The Hall–Kier alpha value is -1.81. The lowest BCUT2D eigenvalue weighted by molar-refractivity contribution is 0.102. The molecule has 21 heavy (non-hydrogen) atoms. The molecule has 1 atom stereocenters. The van der Waals surface area contributed by atoms with Crippen molar-refractivity contribution in [2.45, 2.75) is 25.7 Å². The number of benzene rings is 2. The van der Waals surface area contributed by atoms with Gasteiger partial charge in [0.1, 0.15) is 5.82 Å². The summed E-state index contributed by atoms with van der Waals surface area (Å²) in [4.78, 5) is 12.4. The minimum Gasteiger partial charge on any atom is -0.293 e. The predicted octanol–water partition coefficient (Wildman–Crippen LogP) is 3.74. The van der Waals surface area contributed by atoms with Crippen LogP contribution >= 0.6 is 0 Å². The van der Waals surface area contributed by atoms with E-state index in [1.165, 1.54) is 18.2 Å². The number of ketones is 1. The molecule has 4 heteroatoms. The molecule has 0 heterocycles. The van der Waals surface area contributed by atoms with E-state index in [2.05, 4.69) is 0 Å². The first-order valence-electron chi connectivity index (χ1n) is 6.64. The fourth-order valence-electron chi connectivity index (χ4n) is 2.16. The molecule has 0 radical (unpaired) electrons. The Morgan fingerprint density at radius 3 is 2.33 bits per heavy atom. The highest BCUT2D eigenvalue weighted by Gasteiger charge is 2.17. The summed E-state index contributed by atoms with van der Waals surface area (Å²) in [7, 11) is -1.67. The molecule has 0 aliphatic heterocycles. The first-order chi connectivity index (χ1) is 9.90. The summed E-state index contributed by atoms with van der Waals surface area (Å²) in [5, 5.41) is 0. The van der Waals surface area contributed by atoms with Crippen LogP contribution < -0.4 is 0 Å². The lowest BCUT2D eigenvalue weighted by Gasteiger charge is -2.09. The van der Waals surface area contributed by atoms with Crippen LogP contribution in [0.25, 0.3) is 0 Å². The van der Waals surface area contributed by atoms with Crippen LogP contribution in [0.2, 0.25) is 0 Å². The second-order valence-corrected chi connectivity index (χ2v) is 6.51. The van der Waals surface area contributed by atoms with E-state index < -0.39 is 16.6 Å². The van der Waals surface area contributed by atoms with Crippen LogP contribution in [0.4, 0.5) is 4.39 Å². The van der Waals surface area contributed by atoms with Crippen molar-refractivity contribution in [2.24, 2.45) is 0 Å². The lowest BCUT2D eigenvalue weighted by atomic mass is 9.99. The van der Waals surface area contributed by atoms with Gasteiger partial charge < -0.3 is 0 Å². The fraction of sp³-hybridized carbons (Fsp3) is 0.235. The number of rotatable bonds is 4. The van der Waals surface area contributed by atoms with Gasteiger partial charge in [-0.25, -0.2) is 4.39 Å². The van der Waals surface area contributed by atoms with Gasteiger partial charge in [0.25, 0.3) is 0 Å². The maximum atomic E-state index is 13.6. The van der Waals surface area contributed by atoms with Gasteiger partial charge in [0.05, 0.1) is 21.4 Å². The monoisotopic (exact) mass is 304 g/mol. The summed E-state index contributed by atoms with van der Waals surface area (Å²) in [6.07, 6.45) is 0. The Labute approximate surface area is 126 Å². The molecule has 0 fully saturated rings. The Morgan fingerprint density at radius 1 is 1.05 bits per heavy atom. The first-order valence-corrected chi connectivity index (χ1v) is 7.96. The van der Waals surface area contributed by atoms with Crippen molar-refractivity contribution in [3.8, 4) is 0 Å². The van der Waals surface area contributed by atoms with Crippen LogP contribution in [0.3, 0.4) is 0 Å². The highest BCUT2D eigenvalue weighted by Crippen LogP contribution is 2.18. The maximum absolute atomic E-state index is 13.6. The van der Waals surface area contributed by atoms with E-state index in [1.54, 1.807) is 6.07 Å². The molecule has 110 valence electrons. The Kier molecular flexibility index (Phi) is 4.68. The molecule has 2 aromatic rings. The topological polar surface area (TPSA) is 34.1 Å². The van der Waals surface area contributed by atoms with E-state index in [-0.39, 0.29) is 16.4 Å². The first kappa shape index (κ1) is 15.6. The largest absolute Gasteiger partial charge is 0.293 e. The number of hydrogen-bond donors (Lipinski definition) is 0. The van der Waals surface area contributed by atoms with Gasteiger partial charge in [-0.3, -0.25) is 9.00 Å². The molecule has 0 aliphatic carbocycles. The molecule has 2 rings (SSSR count).